The summed E-state index contributed by atoms with van der Waals surface area (Å²) in [6.45, 7) is 2.15. The zero-order chi connectivity index (χ0) is 17.9. The van der Waals surface area contributed by atoms with Gasteiger partial charge >= 0.3 is 6.03 Å². The maximum absolute atomic E-state index is 13.2. The second kappa shape index (κ2) is 6.93. The molecule has 0 aromatic heterocycles. The monoisotopic (exact) mass is 342 g/mol. The summed E-state index contributed by atoms with van der Waals surface area (Å²) >= 11 is 0. The Morgan fingerprint density at radius 1 is 1.08 bits per heavy atom. The molecule has 2 aromatic rings. The first kappa shape index (κ1) is 17.0. The molecule has 1 aliphatic rings. The van der Waals surface area contributed by atoms with Crippen LogP contribution in [0.15, 0.2) is 54.6 Å². The molecular formula is C19H19FN2O3. The second-order valence-corrected chi connectivity index (χ2v) is 5.81. The Bertz CT molecular complexity index is 764. The Morgan fingerprint density at radius 3 is 2.40 bits per heavy atom. The van der Waals surface area contributed by atoms with Crippen LogP contribution in [0.1, 0.15) is 18.9 Å². The van der Waals surface area contributed by atoms with Crippen LogP contribution in [0.4, 0.5) is 9.18 Å². The predicted molar refractivity (Wildman–Crippen MR) is 90.6 cm³/mol. The molecule has 3 amide bonds. The van der Waals surface area contributed by atoms with Crippen LogP contribution in [0.3, 0.4) is 0 Å². The van der Waals surface area contributed by atoms with Crippen molar-refractivity contribution in [2.75, 3.05) is 13.2 Å². The summed E-state index contributed by atoms with van der Waals surface area (Å²) in [6, 6.07) is 14.3. The number of benzene rings is 2. The van der Waals surface area contributed by atoms with Crippen molar-refractivity contribution >= 4 is 11.9 Å². The zero-order valence-electron chi connectivity index (χ0n) is 13.9. The number of carbonyl (C=O) groups is 2. The summed E-state index contributed by atoms with van der Waals surface area (Å²) in [4.78, 5) is 26.3. The summed E-state index contributed by atoms with van der Waals surface area (Å²) in [6.07, 6.45) is 0.374. The molecule has 130 valence electrons. The van der Waals surface area contributed by atoms with Gasteiger partial charge < -0.3 is 10.1 Å². The van der Waals surface area contributed by atoms with Crippen LogP contribution < -0.4 is 10.1 Å². The maximum Gasteiger partial charge on any atom is 0.325 e. The number of amides is 3. The summed E-state index contributed by atoms with van der Waals surface area (Å²) in [5.41, 5.74) is -0.585. The summed E-state index contributed by atoms with van der Waals surface area (Å²) in [5.74, 6) is -0.0574. The van der Waals surface area contributed by atoms with Gasteiger partial charge in [-0.25, -0.2) is 9.18 Å². The van der Waals surface area contributed by atoms with E-state index in [1.54, 1.807) is 12.1 Å². The zero-order valence-corrected chi connectivity index (χ0v) is 13.9. The molecule has 0 spiro atoms. The Balaban J connectivity index is 1.73. The van der Waals surface area contributed by atoms with Crippen molar-refractivity contribution in [1.29, 1.82) is 0 Å². The highest BCUT2D eigenvalue weighted by Gasteiger charge is 2.51. The number of imide groups is 1. The highest BCUT2D eigenvalue weighted by Crippen LogP contribution is 2.32. The van der Waals surface area contributed by atoms with Crippen LogP contribution in [-0.4, -0.2) is 30.0 Å². The van der Waals surface area contributed by atoms with Crippen LogP contribution >= 0.6 is 0 Å². The van der Waals surface area contributed by atoms with Crippen LogP contribution in [0, 0.1) is 5.82 Å². The molecule has 1 fully saturated rings. The van der Waals surface area contributed by atoms with E-state index >= 15 is 0 Å². The Morgan fingerprint density at radius 2 is 1.76 bits per heavy atom. The number of nitrogens with one attached hydrogen (secondary N) is 1. The molecule has 5 nitrogen and oxygen atoms in total. The number of nitrogens with zero attached hydrogens (tertiary/aromatic N) is 1. The van der Waals surface area contributed by atoms with E-state index in [2.05, 4.69) is 5.32 Å². The van der Waals surface area contributed by atoms with E-state index in [1.165, 1.54) is 24.3 Å². The number of ether oxygens (including phenoxy) is 1. The van der Waals surface area contributed by atoms with Crippen molar-refractivity contribution < 1.29 is 18.7 Å². The predicted octanol–water partition coefficient (Wildman–Crippen LogP) is 3.06. The Kier molecular flexibility index (Phi) is 4.70. The summed E-state index contributed by atoms with van der Waals surface area (Å²) in [5, 5.41) is 2.76. The van der Waals surface area contributed by atoms with Gasteiger partial charge in [0.05, 0.1) is 6.54 Å². The van der Waals surface area contributed by atoms with Crippen molar-refractivity contribution in [3.63, 3.8) is 0 Å². The number of urea groups is 1. The molecular weight excluding hydrogens is 323 g/mol. The molecule has 0 bridgehead atoms. The second-order valence-electron chi connectivity index (χ2n) is 5.81. The summed E-state index contributed by atoms with van der Waals surface area (Å²) in [7, 11) is 0. The molecule has 1 atom stereocenters. The molecule has 3 rings (SSSR count). The molecule has 1 unspecified atom stereocenters. The molecule has 0 radical (unpaired) electrons. The highest BCUT2D eigenvalue weighted by atomic mass is 19.1. The van der Waals surface area contributed by atoms with Gasteiger partial charge in [0, 0.05) is 0 Å². The molecule has 0 saturated carbocycles. The quantitative estimate of drug-likeness (QED) is 0.821. The van der Waals surface area contributed by atoms with E-state index in [9.17, 15) is 14.0 Å². The van der Waals surface area contributed by atoms with Gasteiger partial charge in [-0.15, -0.1) is 0 Å². The Hall–Kier alpha value is -2.89. The molecule has 25 heavy (non-hydrogen) atoms. The molecule has 1 saturated heterocycles. The highest BCUT2D eigenvalue weighted by molar-refractivity contribution is 6.07. The normalized spacial score (nSPS) is 19.8. The van der Waals surface area contributed by atoms with Gasteiger partial charge in [-0.05, 0) is 36.2 Å². The van der Waals surface area contributed by atoms with Gasteiger partial charge in [0.2, 0.25) is 0 Å². The van der Waals surface area contributed by atoms with Crippen molar-refractivity contribution in [2.24, 2.45) is 0 Å². The largest absolute Gasteiger partial charge is 0.492 e. The standard InChI is InChI=1S/C19H19FN2O3/c1-2-19(14-8-10-15(20)11-9-14)17(23)22(18(24)21-19)12-13-25-16-6-4-3-5-7-16/h3-11H,2,12-13H2,1H3,(H,21,24). The first-order valence-corrected chi connectivity index (χ1v) is 8.15. The van der Waals surface area contributed by atoms with Crippen molar-refractivity contribution in [2.45, 2.75) is 18.9 Å². The molecule has 1 heterocycles. The van der Waals surface area contributed by atoms with Crippen LogP contribution in [-0.2, 0) is 10.3 Å². The van der Waals surface area contributed by atoms with E-state index < -0.39 is 11.6 Å². The number of carbonyl (C=O) groups excluding carboxylic acids is 2. The van der Waals surface area contributed by atoms with Crippen molar-refractivity contribution in [3.8, 4) is 5.75 Å². The van der Waals surface area contributed by atoms with Gasteiger partial charge in [-0.1, -0.05) is 37.3 Å². The average molecular weight is 342 g/mol. The van der Waals surface area contributed by atoms with Gasteiger partial charge in [0.1, 0.15) is 23.7 Å². The van der Waals surface area contributed by atoms with Crippen LogP contribution in [0.5, 0.6) is 5.75 Å². The fourth-order valence-electron chi connectivity index (χ4n) is 2.97. The average Bonchev–Trinajstić information content (AvgIpc) is 2.88. The lowest BCUT2D eigenvalue weighted by Crippen LogP contribution is -2.43. The van der Waals surface area contributed by atoms with Gasteiger partial charge in [0.25, 0.3) is 5.91 Å². The van der Waals surface area contributed by atoms with Crippen molar-refractivity contribution in [1.82, 2.24) is 10.2 Å². The fraction of sp³-hybridized carbons (Fsp3) is 0.263. The SMILES string of the molecule is CCC1(c2ccc(F)cc2)NC(=O)N(CCOc2ccccc2)C1=O. The molecule has 1 aliphatic heterocycles. The van der Waals surface area contributed by atoms with Crippen molar-refractivity contribution in [3.05, 3.63) is 66.0 Å². The third-order valence-corrected chi connectivity index (χ3v) is 4.37. The van der Waals surface area contributed by atoms with E-state index in [-0.39, 0.29) is 24.9 Å². The third kappa shape index (κ3) is 3.20. The van der Waals surface area contributed by atoms with E-state index in [4.69, 9.17) is 4.74 Å². The molecule has 2 aromatic carbocycles. The van der Waals surface area contributed by atoms with Crippen LogP contribution in [0.2, 0.25) is 0 Å². The van der Waals surface area contributed by atoms with E-state index in [0.717, 1.165) is 4.90 Å². The third-order valence-electron chi connectivity index (χ3n) is 4.37. The number of para-hydroxylation sites is 1. The lowest BCUT2D eigenvalue weighted by Gasteiger charge is -2.25. The maximum atomic E-state index is 13.2. The molecule has 0 aliphatic carbocycles. The lowest BCUT2D eigenvalue weighted by molar-refractivity contribution is -0.132. The van der Waals surface area contributed by atoms with Gasteiger partial charge in [-0.3, -0.25) is 9.69 Å². The number of rotatable bonds is 6. The minimum Gasteiger partial charge on any atom is -0.492 e. The number of hydrogen-bond donors (Lipinski definition) is 1. The number of hydrogen-bond acceptors (Lipinski definition) is 3. The summed E-state index contributed by atoms with van der Waals surface area (Å²) < 4.78 is 18.7. The topological polar surface area (TPSA) is 58.6 Å². The van der Waals surface area contributed by atoms with Gasteiger partial charge in [-0.2, -0.15) is 0 Å². The molecule has 6 heteroatoms. The Labute approximate surface area is 145 Å². The lowest BCUT2D eigenvalue weighted by atomic mass is 9.87. The first-order chi connectivity index (χ1) is 12.1. The number of halogens is 1. The minimum atomic E-state index is -1.16. The minimum absolute atomic E-state index is 0.141. The first-order valence-electron chi connectivity index (χ1n) is 8.15. The smallest absolute Gasteiger partial charge is 0.325 e. The fourth-order valence-corrected chi connectivity index (χ4v) is 2.97. The molecule has 1 N–H and O–H groups in total. The van der Waals surface area contributed by atoms with Gasteiger partial charge in [0.15, 0.2) is 0 Å². The van der Waals surface area contributed by atoms with Crippen LogP contribution in [0.25, 0.3) is 0 Å². The van der Waals surface area contributed by atoms with E-state index in [0.29, 0.717) is 17.7 Å². The van der Waals surface area contributed by atoms with E-state index in [1.807, 2.05) is 25.1 Å².